The van der Waals surface area contributed by atoms with Gasteiger partial charge in [-0.25, -0.2) is 0 Å². The molecule has 1 unspecified atom stereocenters. The molecule has 0 spiro atoms. The van der Waals surface area contributed by atoms with Crippen LogP contribution in [0.25, 0.3) is 0 Å². The first-order valence-corrected chi connectivity index (χ1v) is 7.10. The maximum absolute atomic E-state index is 11.5. The van der Waals surface area contributed by atoms with E-state index in [4.69, 9.17) is 29.6 Å². The van der Waals surface area contributed by atoms with Crippen molar-refractivity contribution in [2.24, 2.45) is 5.73 Å². The van der Waals surface area contributed by atoms with Gasteiger partial charge in [0.25, 0.3) is 5.91 Å². The highest BCUT2D eigenvalue weighted by atomic mass is 35.5. The first kappa shape index (κ1) is 14.8. The first-order chi connectivity index (χ1) is 9.45. The van der Waals surface area contributed by atoms with Gasteiger partial charge in [0.15, 0.2) is 4.77 Å². The van der Waals surface area contributed by atoms with Gasteiger partial charge in [0.1, 0.15) is 5.69 Å². The number of H-pyrrole nitrogens is 1. The zero-order valence-corrected chi connectivity index (χ0v) is 12.9. The molecule has 2 rings (SSSR count). The van der Waals surface area contributed by atoms with Gasteiger partial charge >= 0.3 is 0 Å². The molecule has 0 fully saturated rings. The van der Waals surface area contributed by atoms with Gasteiger partial charge in [-0.05, 0) is 42.8 Å². The van der Waals surface area contributed by atoms with Gasteiger partial charge in [-0.1, -0.05) is 30.7 Å². The summed E-state index contributed by atoms with van der Waals surface area (Å²) in [5, 5.41) is 0.719. The molecule has 1 aromatic heterocycles. The van der Waals surface area contributed by atoms with E-state index < -0.39 is 5.91 Å². The summed E-state index contributed by atoms with van der Waals surface area (Å²) in [5.41, 5.74) is 7.83. The van der Waals surface area contributed by atoms with E-state index in [-0.39, 0.29) is 6.04 Å². The van der Waals surface area contributed by atoms with Crippen LogP contribution in [0.2, 0.25) is 5.02 Å². The Kier molecular flexibility index (Phi) is 4.30. The molecule has 3 N–H and O–H groups in total. The molecule has 1 amide bonds. The molecule has 1 atom stereocenters. The highest BCUT2D eigenvalue weighted by molar-refractivity contribution is 7.71. The number of carbonyl (C=O) groups is 1. The second-order valence-electron chi connectivity index (χ2n) is 4.65. The van der Waals surface area contributed by atoms with Gasteiger partial charge in [0.05, 0.1) is 6.04 Å². The molecule has 0 aliphatic carbocycles. The van der Waals surface area contributed by atoms with Gasteiger partial charge in [-0.3, -0.25) is 4.79 Å². The van der Waals surface area contributed by atoms with E-state index in [2.05, 4.69) is 4.98 Å². The molecule has 20 heavy (non-hydrogen) atoms. The molecule has 4 nitrogen and oxygen atoms in total. The second kappa shape index (κ2) is 5.81. The molecule has 1 aromatic carbocycles. The van der Waals surface area contributed by atoms with Crippen molar-refractivity contribution in [1.29, 1.82) is 0 Å². The summed E-state index contributed by atoms with van der Waals surface area (Å²) >= 11 is 11.3. The molecule has 6 heteroatoms. The van der Waals surface area contributed by atoms with Crippen molar-refractivity contribution in [3.05, 3.63) is 51.0 Å². The summed E-state index contributed by atoms with van der Waals surface area (Å²) in [7, 11) is 0. The molecular formula is C14H16ClN3OS. The molecule has 0 bridgehead atoms. The number of nitrogens with one attached hydrogen (secondary N) is 1. The third kappa shape index (κ3) is 2.64. The van der Waals surface area contributed by atoms with Crippen LogP contribution in [-0.2, 0) is 0 Å². The Morgan fingerprint density at radius 2 is 2.25 bits per heavy atom. The molecule has 0 radical (unpaired) electrons. The lowest BCUT2D eigenvalue weighted by molar-refractivity contribution is 0.0990. The van der Waals surface area contributed by atoms with Gasteiger partial charge in [0, 0.05) is 11.2 Å². The van der Waals surface area contributed by atoms with Crippen molar-refractivity contribution in [3.8, 4) is 0 Å². The summed E-state index contributed by atoms with van der Waals surface area (Å²) in [6.45, 7) is 3.98. The normalized spacial score (nSPS) is 12.3. The summed E-state index contributed by atoms with van der Waals surface area (Å²) in [5.74, 6) is -0.499. The largest absolute Gasteiger partial charge is 0.364 e. The Morgan fingerprint density at radius 1 is 1.55 bits per heavy atom. The topological polar surface area (TPSA) is 63.8 Å². The zero-order valence-electron chi connectivity index (χ0n) is 11.3. The second-order valence-corrected chi connectivity index (χ2v) is 5.44. The van der Waals surface area contributed by atoms with Crippen LogP contribution in [0.3, 0.4) is 0 Å². The average molecular weight is 310 g/mol. The molecular weight excluding hydrogens is 294 g/mol. The summed E-state index contributed by atoms with van der Waals surface area (Å²) in [4.78, 5) is 14.4. The number of hydrogen-bond donors (Lipinski definition) is 2. The Bertz CT molecular complexity index is 705. The maximum Gasteiger partial charge on any atom is 0.266 e. The SMILES string of the molecule is CCC(c1ccc(Cl)c(C)c1)n1c(C(N)=O)c[nH]c1=S. The van der Waals surface area contributed by atoms with Crippen LogP contribution in [0.15, 0.2) is 24.4 Å². The maximum atomic E-state index is 11.5. The van der Waals surface area contributed by atoms with Gasteiger partial charge in [0.2, 0.25) is 0 Å². The summed E-state index contributed by atoms with van der Waals surface area (Å²) in [6, 6.07) is 5.76. The predicted molar refractivity (Wildman–Crippen MR) is 82.8 cm³/mol. The Morgan fingerprint density at radius 3 is 2.80 bits per heavy atom. The first-order valence-electron chi connectivity index (χ1n) is 6.31. The van der Waals surface area contributed by atoms with Crippen LogP contribution < -0.4 is 5.73 Å². The number of halogens is 1. The lowest BCUT2D eigenvalue weighted by atomic mass is 10.0. The number of rotatable bonds is 4. The Hall–Kier alpha value is -1.59. The molecule has 2 aromatic rings. The number of aromatic amines is 1. The standard InChI is InChI=1S/C14H16ClN3OS/c1-3-11(9-4-5-10(15)8(2)6-9)18-12(13(16)19)7-17-14(18)20/h4-7,11H,3H2,1-2H3,(H2,16,19)(H,17,20). The fraction of sp³-hybridized carbons (Fsp3) is 0.286. The van der Waals surface area contributed by atoms with E-state index in [1.54, 1.807) is 10.8 Å². The molecule has 1 heterocycles. The molecule has 0 saturated heterocycles. The number of nitrogens with two attached hydrogens (primary N) is 1. The number of carbonyl (C=O) groups excluding carboxylic acids is 1. The molecule has 0 aliphatic rings. The minimum absolute atomic E-state index is 0.0489. The number of aryl methyl sites for hydroxylation is 1. The van der Waals surface area contributed by atoms with Gasteiger partial charge in [-0.15, -0.1) is 0 Å². The Labute approximate surface area is 127 Å². The number of benzene rings is 1. The molecule has 0 aliphatic heterocycles. The van der Waals surface area contributed by atoms with Crippen LogP contribution in [0, 0.1) is 11.7 Å². The fourth-order valence-electron chi connectivity index (χ4n) is 2.32. The van der Waals surface area contributed by atoms with Crippen molar-refractivity contribution in [1.82, 2.24) is 9.55 Å². The minimum Gasteiger partial charge on any atom is -0.364 e. The summed E-state index contributed by atoms with van der Waals surface area (Å²) in [6.07, 6.45) is 2.34. The van der Waals surface area contributed by atoms with Crippen LogP contribution in [-0.4, -0.2) is 15.5 Å². The van der Waals surface area contributed by atoms with Crippen molar-refractivity contribution < 1.29 is 4.79 Å². The molecule has 0 saturated carbocycles. The fourth-order valence-corrected chi connectivity index (χ4v) is 2.72. The highest BCUT2D eigenvalue weighted by Gasteiger charge is 2.19. The molecule has 106 valence electrons. The van der Waals surface area contributed by atoms with E-state index in [1.165, 1.54) is 0 Å². The van der Waals surface area contributed by atoms with E-state index in [1.807, 2.05) is 32.0 Å². The van der Waals surface area contributed by atoms with Crippen molar-refractivity contribution in [2.45, 2.75) is 26.3 Å². The number of nitrogens with zero attached hydrogens (tertiary/aromatic N) is 1. The number of amides is 1. The van der Waals surface area contributed by atoms with Crippen LogP contribution in [0.1, 0.15) is 41.0 Å². The van der Waals surface area contributed by atoms with E-state index in [0.717, 1.165) is 22.6 Å². The highest BCUT2D eigenvalue weighted by Crippen LogP contribution is 2.27. The van der Waals surface area contributed by atoms with Crippen LogP contribution in [0.4, 0.5) is 0 Å². The summed E-state index contributed by atoms with van der Waals surface area (Å²) < 4.78 is 2.25. The number of imidazole rings is 1. The number of primary amides is 1. The number of hydrogen-bond acceptors (Lipinski definition) is 2. The van der Waals surface area contributed by atoms with Crippen molar-refractivity contribution >= 4 is 29.7 Å². The van der Waals surface area contributed by atoms with Gasteiger partial charge in [-0.2, -0.15) is 0 Å². The average Bonchev–Trinajstić information content (AvgIpc) is 2.77. The Balaban J connectivity index is 2.58. The van der Waals surface area contributed by atoms with Crippen molar-refractivity contribution in [2.75, 3.05) is 0 Å². The monoisotopic (exact) mass is 309 g/mol. The van der Waals surface area contributed by atoms with Crippen molar-refractivity contribution in [3.63, 3.8) is 0 Å². The number of aromatic nitrogens is 2. The van der Waals surface area contributed by atoms with Gasteiger partial charge < -0.3 is 15.3 Å². The van der Waals surface area contributed by atoms with E-state index in [0.29, 0.717) is 10.5 Å². The van der Waals surface area contributed by atoms with Crippen LogP contribution in [0.5, 0.6) is 0 Å². The lowest BCUT2D eigenvalue weighted by Gasteiger charge is -2.20. The third-order valence-corrected chi connectivity index (χ3v) is 4.07. The zero-order chi connectivity index (χ0) is 14.9. The van der Waals surface area contributed by atoms with Crippen LogP contribution >= 0.6 is 23.8 Å². The minimum atomic E-state index is -0.499. The van der Waals surface area contributed by atoms with E-state index >= 15 is 0 Å². The predicted octanol–water partition coefficient (Wildman–Crippen LogP) is 3.61. The van der Waals surface area contributed by atoms with E-state index in [9.17, 15) is 4.79 Å². The quantitative estimate of drug-likeness (QED) is 0.847. The third-order valence-electron chi connectivity index (χ3n) is 3.33. The smallest absolute Gasteiger partial charge is 0.266 e. The lowest BCUT2D eigenvalue weighted by Crippen LogP contribution is -2.21.